The van der Waals surface area contributed by atoms with Crippen LogP contribution in [0.1, 0.15) is 48.2 Å². The molecule has 5 nitrogen and oxygen atoms in total. The fourth-order valence-corrected chi connectivity index (χ4v) is 5.28. The van der Waals surface area contributed by atoms with Crippen LogP contribution in [-0.2, 0) is 5.60 Å². The highest BCUT2D eigenvalue weighted by molar-refractivity contribution is 5.93. The van der Waals surface area contributed by atoms with Crippen LogP contribution < -0.4 is 0 Å². The first-order valence-corrected chi connectivity index (χ1v) is 10.2. The molecule has 3 aromatic rings. The van der Waals surface area contributed by atoms with Crippen molar-refractivity contribution in [2.45, 2.75) is 43.7 Å². The summed E-state index contributed by atoms with van der Waals surface area (Å²) in [4.78, 5) is 15.5. The Bertz CT molecular complexity index is 999. The molecule has 0 unspecified atom stereocenters. The van der Waals surface area contributed by atoms with Crippen molar-refractivity contribution in [3.05, 3.63) is 72.1 Å². The fraction of sp³-hybridized carbons (Fsp3) is 0.391. The maximum Gasteiger partial charge on any atom is 0.272 e. The van der Waals surface area contributed by atoms with Gasteiger partial charge in [-0.1, -0.05) is 49.2 Å². The second kappa shape index (κ2) is 6.74. The highest BCUT2D eigenvalue weighted by atomic mass is 16.3. The SMILES string of the molecule is O=C(c1cccc2ccnn12)N1CC[C@@](O)(c2ccccc2)[C@H]2CCCC[C@@H]21. The van der Waals surface area contributed by atoms with E-state index in [2.05, 4.69) is 5.10 Å². The summed E-state index contributed by atoms with van der Waals surface area (Å²) in [5, 5.41) is 16.0. The topological polar surface area (TPSA) is 57.8 Å². The van der Waals surface area contributed by atoms with E-state index in [0.29, 0.717) is 18.7 Å². The van der Waals surface area contributed by atoms with Gasteiger partial charge in [0, 0.05) is 18.5 Å². The van der Waals surface area contributed by atoms with Crippen LogP contribution in [0.15, 0.2) is 60.8 Å². The molecule has 5 heteroatoms. The first kappa shape index (κ1) is 17.4. The highest BCUT2D eigenvalue weighted by Crippen LogP contribution is 2.47. The van der Waals surface area contributed by atoms with Gasteiger partial charge in [0.15, 0.2) is 0 Å². The van der Waals surface area contributed by atoms with Gasteiger partial charge in [-0.15, -0.1) is 0 Å². The third kappa shape index (κ3) is 2.65. The third-order valence-corrected chi connectivity index (χ3v) is 6.65. The van der Waals surface area contributed by atoms with Crippen molar-refractivity contribution in [2.75, 3.05) is 6.54 Å². The highest BCUT2D eigenvalue weighted by Gasteiger charge is 2.50. The standard InChI is InChI=1S/C23H25N3O2/c27-22(21-12-6-9-18-13-15-24-26(18)21)25-16-14-23(28,17-7-2-1-3-8-17)19-10-4-5-11-20(19)25/h1-3,6-9,12-13,15,19-20,28H,4-5,10-11,14,16H2/t19-,20-,23+/m0/s1. The number of nitrogens with zero attached hydrogens (tertiary/aromatic N) is 3. The van der Waals surface area contributed by atoms with Crippen LogP contribution in [0.5, 0.6) is 0 Å². The number of aliphatic hydroxyl groups is 1. The molecular weight excluding hydrogens is 350 g/mol. The molecule has 3 atom stereocenters. The van der Waals surface area contributed by atoms with Gasteiger partial charge >= 0.3 is 0 Å². The van der Waals surface area contributed by atoms with Crippen molar-refractivity contribution in [3.63, 3.8) is 0 Å². The summed E-state index contributed by atoms with van der Waals surface area (Å²) < 4.78 is 1.72. The molecule has 0 bridgehead atoms. The minimum atomic E-state index is -0.860. The van der Waals surface area contributed by atoms with E-state index in [9.17, 15) is 9.90 Å². The zero-order chi connectivity index (χ0) is 19.1. The van der Waals surface area contributed by atoms with Gasteiger partial charge in [0.2, 0.25) is 0 Å². The third-order valence-electron chi connectivity index (χ3n) is 6.65. The normalized spacial score (nSPS) is 27.5. The van der Waals surface area contributed by atoms with Crippen LogP contribution in [-0.4, -0.2) is 38.1 Å². The van der Waals surface area contributed by atoms with Gasteiger partial charge in [0.1, 0.15) is 5.69 Å². The van der Waals surface area contributed by atoms with Gasteiger partial charge < -0.3 is 10.0 Å². The van der Waals surface area contributed by atoms with Crippen molar-refractivity contribution in [1.29, 1.82) is 0 Å². The smallest absolute Gasteiger partial charge is 0.272 e. The minimum absolute atomic E-state index is 0.0151. The van der Waals surface area contributed by atoms with Gasteiger partial charge in [-0.2, -0.15) is 5.10 Å². The lowest BCUT2D eigenvalue weighted by Gasteiger charge is -2.52. The first-order chi connectivity index (χ1) is 13.7. The van der Waals surface area contributed by atoms with Crippen LogP contribution in [0.4, 0.5) is 0 Å². The number of aromatic nitrogens is 2. The average molecular weight is 375 g/mol. The molecule has 1 aromatic carbocycles. The minimum Gasteiger partial charge on any atom is -0.385 e. The number of amides is 1. The lowest BCUT2D eigenvalue weighted by molar-refractivity contribution is -0.110. The Balaban J connectivity index is 1.51. The molecule has 2 aliphatic rings. The summed E-state index contributed by atoms with van der Waals surface area (Å²) in [5.41, 5.74) is 1.63. The number of fused-ring (bicyclic) bond motifs is 2. The molecule has 2 aromatic heterocycles. The molecule has 0 radical (unpaired) electrons. The molecule has 1 N–H and O–H groups in total. The lowest BCUT2D eigenvalue weighted by atomic mass is 9.66. The van der Waals surface area contributed by atoms with E-state index in [4.69, 9.17) is 0 Å². The number of rotatable bonds is 2. The van der Waals surface area contributed by atoms with E-state index >= 15 is 0 Å². The van der Waals surface area contributed by atoms with E-state index in [1.807, 2.05) is 59.5 Å². The number of carbonyl (C=O) groups excluding carboxylic acids is 1. The summed E-state index contributed by atoms with van der Waals surface area (Å²) in [6.07, 6.45) is 6.39. The Kier molecular flexibility index (Phi) is 4.20. The Morgan fingerprint density at radius 3 is 2.71 bits per heavy atom. The van der Waals surface area contributed by atoms with Crippen molar-refractivity contribution < 1.29 is 9.90 Å². The predicted octanol–water partition coefficient (Wildman–Crippen LogP) is 3.63. The molecule has 0 spiro atoms. The van der Waals surface area contributed by atoms with Crippen molar-refractivity contribution in [2.24, 2.45) is 5.92 Å². The van der Waals surface area contributed by atoms with Crippen LogP contribution in [0.3, 0.4) is 0 Å². The van der Waals surface area contributed by atoms with E-state index in [1.54, 1.807) is 10.7 Å². The maximum absolute atomic E-state index is 13.5. The molecule has 5 rings (SSSR count). The van der Waals surface area contributed by atoms with Gasteiger partial charge in [0.05, 0.1) is 17.3 Å². The summed E-state index contributed by atoms with van der Waals surface area (Å²) >= 11 is 0. The largest absolute Gasteiger partial charge is 0.385 e. The first-order valence-electron chi connectivity index (χ1n) is 10.2. The number of hydrogen-bond donors (Lipinski definition) is 1. The molecule has 28 heavy (non-hydrogen) atoms. The Labute approximate surface area is 164 Å². The fourth-order valence-electron chi connectivity index (χ4n) is 5.28. The molecule has 2 fully saturated rings. The Morgan fingerprint density at radius 2 is 1.86 bits per heavy atom. The second-order valence-corrected chi connectivity index (χ2v) is 8.08. The molecule has 144 valence electrons. The van der Waals surface area contributed by atoms with Crippen LogP contribution >= 0.6 is 0 Å². The molecular formula is C23H25N3O2. The summed E-state index contributed by atoms with van der Waals surface area (Å²) in [7, 11) is 0. The molecule has 1 aliphatic heterocycles. The van der Waals surface area contributed by atoms with Crippen LogP contribution in [0.25, 0.3) is 5.52 Å². The van der Waals surface area contributed by atoms with Gasteiger partial charge in [-0.05, 0) is 43.0 Å². The van der Waals surface area contributed by atoms with Crippen molar-refractivity contribution in [3.8, 4) is 0 Å². The van der Waals surface area contributed by atoms with Gasteiger partial charge in [0.25, 0.3) is 5.91 Å². The van der Waals surface area contributed by atoms with Gasteiger partial charge in [-0.3, -0.25) is 4.79 Å². The maximum atomic E-state index is 13.5. The molecule has 1 saturated heterocycles. The van der Waals surface area contributed by atoms with E-state index in [-0.39, 0.29) is 17.9 Å². The predicted molar refractivity (Wildman–Crippen MR) is 107 cm³/mol. The molecule has 1 saturated carbocycles. The summed E-state index contributed by atoms with van der Waals surface area (Å²) in [5.74, 6) is 0.0829. The number of benzene rings is 1. The lowest BCUT2D eigenvalue weighted by Crippen LogP contribution is -2.59. The summed E-state index contributed by atoms with van der Waals surface area (Å²) in [6, 6.07) is 17.7. The summed E-state index contributed by atoms with van der Waals surface area (Å²) in [6.45, 7) is 0.559. The monoisotopic (exact) mass is 375 g/mol. The van der Waals surface area contributed by atoms with Crippen molar-refractivity contribution in [1.82, 2.24) is 14.5 Å². The zero-order valence-corrected chi connectivity index (χ0v) is 15.9. The van der Waals surface area contributed by atoms with Gasteiger partial charge in [-0.25, -0.2) is 4.52 Å². The van der Waals surface area contributed by atoms with Crippen LogP contribution in [0, 0.1) is 5.92 Å². The van der Waals surface area contributed by atoms with E-state index < -0.39 is 5.60 Å². The number of piperidine rings is 1. The average Bonchev–Trinajstić information content (AvgIpc) is 3.23. The number of hydrogen-bond acceptors (Lipinski definition) is 3. The number of carbonyl (C=O) groups is 1. The molecule has 1 amide bonds. The number of likely N-dealkylation sites (tertiary alicyclic amines) is 1. The molecule has 1 aliphatic carbocycles. The Morgan fingerprint density at radius 1 is 1.04 bits per heavy atom. The number of pyridine rings is 1. The van der Waals surface area contributed by atoms with Crippen molar-refractivity contribution >= 4 is 11.4 Å². The quantitative estimate of drug-likeness (QED) is 0.744. The van der Waals surface area contributed by atoms with E-state index in [1.165, 1.54) is 0 Å². The van der Waals surface area contributed by atoms with Crippen LogP contribution in [0.2, 0.25) is 0 Å². The Hall–Kier alpha value is -2.66. The molecule has 3 heterocycles. The van der Waals surface area contributed by atoms with E-state index in [0.717, 1.165) is 36.8 Å². The zero-order valence-electron chi connectivity index (χ0n) is 15.9. The second-order valence-electron chi connectivity index (χ2n) is 8.08.